The van der Waals surface area contributed by atoms with Gasteiger partial charge >= 0.3 is 0 Å². The highest BCUT2D eigenvalue weighted by Gasteiger charge is 2.16. The molecule has 6 heteroatoms. The van der Waals surface area contributed by atoms with Crippen LogP contribution in [0.4, 0.5) is 0 Å². The molecule has 0 amide bonds. The Kier molecular flexibility index (Phi) is 5.81. The van der Waals surface area contributed by atoms with E-state index >= 15 is 0 Å². The molecule has 5 rings (SSSR count). The van der Waals surface area contributed by atoms with E-state index in [0.29, 0.717) is 12.0 Å². The lowest BCUT2D eigenvalue weighted by Gasteiger charge is -2.12. The van der Waals surface area contributed by atoms with Gasteiger partial charge in [-0.2, -0.15) is 0 Å². The van der Waals surface area contributed by atoms with Gasteiger partial charge in [0, 0.05) is 49.7 Å². The first-order valence-electron chi connectivity index (χ1n) is 11.2. The van der Waals surface area contributed by atoms with Gasteiger partial charge in [0.25, 0.3) is 0 Å². The SMILES string of the molecule is Cn1cccc1-c1nc2cc(C(=O)CCCCn3ccnc3)ccc2nc1-c1ccccc1. The number of imidazole rings is 1. The summed E-state index contributed by atoms with van der Waals surface area (Å²) in [6.45, 7) is 0.874. The van der Waals surface area contributed by atoms with Crippen LogP contribution in [0.3, 0.4) is 0 Å². The van der Waals surface area contributed by atoms with Crippen molar-refractivity contribution in [3.05, 3.63) is 91.1 Å². The number of benzene rings is 2. The van der Waals surface area contributed by atoms with Gasteiger partial charge in [0.15, 0.2) is 5.78 Å². The molecule has 0 N–H and O–H groups in total. The van der Waals surface area contributed by atoms with E-state index in [4.69, 9.17) is 9.97 Å². The molecule has 0 spiro atoms. The van der Waals surface area contributed by atoms with Gasteiger partial charge < -0.3 is 9.13 Å². The lowest BCUT2D eigenvalue weighted by Crippen LogP contribution is -2.03. The van der Waals surface area contributed by atoms with Crippen LogP contribution in [-0.4, -0.2) is 29.9 Å². The number of hydrogen-bond donors (Lipinski definition) is 0. The Bertz CT molecular complexity index is 1390. The average molecular weight is 436 g/mol. The summed E-state index contributed by atoms with van der Waals surface area (Å²) in [5.41, 5.74) is 5.85. The Morgan fingerprint density at radius 1 is 0.879 bits per heavy atom. The fourth-order valence-corrected chi connectivity index (χ4v) is 4.05. The number of nitrogens with zero attached hydrogens (tertiary/aromatic N) is 5. The normalized spacial score (nSPS) is 11.2. The van der Waals surface area contributed by atoms with Crippen molar-refractivity contribution in [2.75, 3.05) is 0 Å². The van der Waals surface area contributed by atoms with Gasteiger partial charge in [-0.3, -0.25) is 4.79 Å². The minimum atomic E-state index is 0.136. The maximum absolute atomic E-state index is 12.8. The number of fused-ring (bicyclic) bond motifs is 1. The van der Waals surface area contributed by atoms with Crippen molar-refractivity contribution in [3.63, 3.8) is 0 Å². The van der Waals surface area contributed by atoms with E-state index in [0.717, 1.165) is 53.1 Å². The molecule has 3 aromatic heterocycles. The molecule has 0 aliphatic carbocycles. The number of unbranched alkanes of at least 4 members (excludes halogenated alkanes) is 1. The molecule has 164 valence electrons. The Morgan fingerprint density at radius 3 is 2.48 bits per heavy atom. The smallest absolute Gasteiger partial charge is 0.162 e. The first-order valence-corrected chi connectivity index (χ1v) is 11.2. The summed E-state index contributed by atoms with van der Waals surface area (Å²) < 4.78 is 4.07. The van der Waals surface area contributed by atoms with Crippen molar-refractivity contribution in [3.8, 4) is 22.6 Å². The number of carbonyl (C=O) groups excluding carboxylic acids is 1. The zero-order valence-corrected chi connectivity index (χ0v) is 18.6. The molecular formula is C27H25N5O. The number of hydrogen-bond acceptors (Lipinski definition) is 4. The zero-order valence-electron chi connectivity index (χ0n) is 18.6. The fraction of sp³-hybridized carbons (Fsp3) is 0.185. The average Bonchev–Trinajstić information content (AvgIpc) is 3.53. The largest absolute Gasteiger partial charge is 0.349 e. The fourth-order valence-electron chi connectivity index (χ4n) is 4.05. The maximum atomic E-state index is 12.8. The van der Waals surface area contributed by atoms with Crippen LogP contribution in [0.5, 0.6) is 0 Å². The molecular weight excluding hydrogens is 410 g/mol. The van der Waals surface area contributed by atoms with Crippen molar-refractivity contribution in [2.45, 2.75) is 25.8 Å². The summed E-state index contributed by atoms with van der Waals surface area (Å²) >= 11 is 0. The molecule has 0 saturated heterocycles. The summed E-state index contributed by atoms with van der Waals surface area (Å²) in [6, 6.07) is 19.8. The predicted molar refractivity (Wildman–Crippen MR) is 130 cm³/mol. The minimum Gasteiger partial charge on any atom is -0.349 e. The van der Waals surface area contributed by atoms with Gasteiger partial charge in [0.1, 0.15) is 5.69 Å². The van der Waals surface area contributed by atoms with E-state index in [1.165, 1.54) is 0 Å². The van der Waals surface area contributed by atoms with E-state index in [-0.39, 0.29) is 5.78 Å². The minimum absolute atomic E-state index is 0.136. The molecule has 33 heavy (non-hydrogen) atoms. The van der Waals surface area contributed by atoms with Crippen molar-refractivity contribution in [1.82, 2.24) is 24.1 Å². The third-order valence-electron chi connectivity index (χ3n) is 5.85. The second kappa shape index (κ2) is 9.20. The predicted octanol–water partition coefficient (Wildman–Crippen LogP) is 5.55. The number of ketones is 1. The summed E-state index contributed by atoms with van der Waals surface area (Å²) in [6.07, 6.45) is 9.81. The molecule has 0 saturated carbocycles. The second-order valence-electron chi connectivity index (χ2n) is 8.18. The molecule has 0 atom stereocenters. The maximum Gasteiger partial charge on any atom is 0.162 e. The number of carbonyl (C=O) groups is 1. The van der Waals surface area contributed by atoms with E-state index in [1.54, 1.807) is 12.5 Å². The quantitative estimate of drug-likeness (QED) is 0.237. The van der Waals surface area contributed by atoms with Crippen molar-refractivity contribution >= 4 is 16.8 Å². The highest BCUT2D eigenvalue weighted by Crippen LogP contribution is 2.31. The summed E-state index contributed by atoms with van der Waals surface area (Å²) in [5.74, 6) is 0.136. The monoisotopic (exact) mass is 435 g/mol. The number of aryl methyl sites for hydroxylation is 2. The Balaban J connectivity index is 1.44. The van der Waals surface area contributed by atoms with Crippen molar-refractivity contribution < 1.29 is 4.79 Å². The van der Waals surface area contributed by atoms with Crippen LogP contribution in [0.15, 0.2) is 85.6 Å². The molecule has 3 heterocycles. The first kappa shape index (κ1) is 20.8. The Labute approximate surface area is 192 Å². The van der Waals surface area contributed by atoms with Gasteiger partial charge in [-0.15, -0.1) is 0 Å². The van der Waals surface area contributed by atoms with Crippen LogP contribution in [-0.2, 0) is 13.6 Å². The van der Waals surface area contributed by atoms with E-state index in [9.17, 15) is 4.79 Å². The lowest BCUT2D eigenvalue weighted by atomic mass is 10.0. The zero-order chi connectivity index (χ0) is 22.6. The second-order valence-corrected chi connectivity index (χ2v) is 8.18. The van der Waals surface area contributed by atoms with Crippen LogP contribution < -0.4 is 0 Å². The molecule has 0 aliphatic rings. The van der Waals surface area contributed by atoms with E-state index in [1.807, 2.05) is 89.2 Å². The van der Waals surface area contributed by atoms with Crippen molar-refractivity contribution in [2.24, 2.45) is 7.05 Å². The van der Waals surface area contributed by atoms with Crippen LogP contribution >= 0.6 is 0 Å². The lowest BCUT2D eigenvalue weighted by molar-refractivity contribution is 0.0979. The number of Topliss-reactive ketones (excluding diaryl/α,β-unsaturated/α-hetero) is 1. The summed E-state index contributed by atoms with van der Waals surface area (Å²) in [7, 11) is 2.00. The third-order valence-corrected chi connectivity index (χ3v) is 5.85. The first-order chi connectivity index (χ1) is 16.2. The summed E-state index contributed by atoms with van der Waals surface area (Å²) in [5, 5.41) is 0. The van der Waals surface area contributed by atoms with Gasteiger partial charge in [-0.25, -0.2) is 15.0 Å². The van der Waals surface area contributed by atoms with Crippen LogP contribution in [0.2, 0.25) is 0 Å². The molecule has 6 nitrogen and oxygen atoms in total. The number of rotatable bonds is 8. The standard InChI is InChI=1S/C27H25N5O/c1-31-15-7-10-24(31)27-26(20-8-3-2-4-9-20)29-22-13-12-21(18-23(22)30-27)25(33)11-5-6-16-32-17-14-28-19-32/h2-4,7-10,12-15,17-19H,5-6,11,16H2,1H3. The third kappa shape index (κ3) is 4.46. The Morgan fingerprint density at radius 2 is 1.73 bits per heavy atom. The van der Waals surface area contributed by atoms with Gasteiger partial charge in [0.05, 0.1) is 28.7 Å². The molecule has 0 fully saturated rings. The highest BCUT2D eigenvalue weighted by atomic mass is 16.1. The van der Waals surface area contributed by atoms with Crippen LogP contribution in [0.25, 0.3) is 33.7 Å². The van der Waals surface area contributed by atoms with E-state index < -0.39 is 0 Å². The van der Waals surface area contributed by atoms with Crippen molar-refractivity contribution in [1.29, 1.82) is 0 Å². The molecule has 0 bridgehead atoms. The molecule has 0 aliphatic heterocycles. The van der Waals surface area contributed by atoms with Crippen LogP contribution in [0, 0.1) is 0 Å². The molecule has 5 aromatic rings. The Hall–Kier alpha value is -4.06. The highest BCUT2D eigenvalue weighted by molar-refractivity contribution is 5.99. The van der Waals surface area contributed by atoms with Gasteiger partial charge in [-0.1, -0.05) is 30.3 Å². The molecule has 2 aromatic carbocycles. The summed E-state index contributed by atoms with van der Waals surface area (Å²) in [4.78, 5) is 26.8. The number of aromatic nitrogens is 5. The van der Waals surface area contributed by atoms with E-state index in [2.05, 4.69) is 4.98 Å². The molecule has 0 unspecified atom stereocenters. The van der Waals surface area contributed by atoms with Gasteiger partial charge in [0.2, 0.25) is 0 Å². The van der Waals surface area contributed by atoms with Crippen LogP contribution in [0.1, 0.15) is 29.6 Å². The topological polar surface area (TPSA) is 65.6 Å². The van der Waals surface area contributed by atoms with Gasteiger partial charge in [-0.05, 0) is 43.2 Å². The molecule has 0 radical (unpaired) electrons.